The van der Waals surface area contributed by atoms with Crippen molar-refractivity contribution in [3.63, 3.8) is 0 Å². The molecule has 2 N–H and O–H groups in total. The second-order valence-corrected chi connectivity index (χ2v) is 20.8. The van der Waals surface area contributed by atoms with Gasteiger partial charge >= 0.3 is 5.97 Å². The Labute approximate surface area is 372 Å². The highest BCUT2D eigenvalue weighted by atomic mass is 35.5. The number of halogens is 1. The summed E-state index contributed by atoms with van der Waals surface area (Å²) in [6.07, 6.45) is 11.7. The zero-order valence-corrected chi connectivity index (χ0v) is 38.6. The molecule has 0 saturated heterocycles. The van der Waals surface area contributed by atoms with Crippen LogP contribution in [0.5, 0.6) is 11.5 Å². The van der Waals surface area contributed by atoms with Gasteiger partial charge in [0.15, 0.2) is 11.0 Å². The first-order valence-corrected chi connectivity index (χ1v) is 25.3. The minimum absolute atomic E-state index is 0.172. The van der Waals surface area contributed by atoms with E-state index < -0.39 is 37.1 Å². The smallest absolute Gasteiger partial charge is 0.338 e. The van der Waals surface area contributed by atoms with Crippen molar-refractivity contribution in [2.75, 3.05) is 23.4 Å². The van der Waals surface area contributed by atoms with E-state index in [1.807, 2.05) is 45.0 Å². The first-order chi connectivity index (χ1) is 28.8. The van der Waals surface area contributed by atoms with Gasteiger partial charge in [0.25, 0.3) is 10.1 Å². The number of fused-ring (bicyclic) bond motifs is 2. The van der Waals surface area contributed by atoms with Crippen LogP contribution in [0.25, 0.3) is 0 Å². The lowest BCUT2D eigenvalue weighted by molar-refractivity contribution is -0.115. The third-order valence-electron chi connectivity index (χ3n) is 10.2. The first kappa shape index (κ1) is 47.6. The SMILES string of the molecule is CCCCCCCCCCCCOC(=O)c1ccc(Cl)c(NC(=O)C(Sc2ccc3c(c2)Oc2ccc(S(=O)(=O)O)cc2C3(SCC)SCC)C(=O)c2ccccc2C)c1. The Bertz CT molecular complexity index is 2240. The molecular weight excluding hydrogens is 858 g/mol. The lowest BCUT2D eigenvalue weighted by Crippen LogP contribution is -2.33. The second kappa shape index (κ2) is 22.6. The van der Waals surface area contributed by atoms with Gasteiger partial charge in [-0.25, -0.2) is 4.79 Å². The number of thioether (sulfide) groups is 3. The molecule has 1 unspecified atom stereocenters. The molecule has 14 heteroatoms. The van der Waals surface area contributed by atoms with Gasteiger partial charge in [-0.3, -0.25) is 14.1 Å². The summed E-state index contributed by atoms with van der Waals surface area (Å²) >= 11 is 10.8. The number of carbonyl (C=O) groups is 3. The average molecular weight is 913 g/mol. The van der Waals surface area contributed by atoms with Crippen molar-refractivity contribution in [2.24, 2.45) is 0 Å². The van der Waals surface area contributed by atoms with Crippen molar-refractivity contribution in [1.82, 2.24) is 0 Å². The summed E-state index contributed by atoms with van der Waals surface area (Å²) in [6, 6.07) is 21.4. The number of hydrogen-bond donors (Lipinski definition) is 2. The van der Waals surface area contributed by atoms with E-state index in [9.17, 15) is 27.4 Å². The zero-order valence-electron chi connectivity index (χ0n) is 34.6. The molecule has 0 aromatic heterocycles. The molecule has 1 atom stereocenters. The van der Waals surface area contributed by atoms with Crippen LogP contribution in [0.15, 0.2) is 88.7 Å². The number of anilines is 1. The van der Waals surface area contributed by atoms with Crippen molar-refractivity contribution in [1.29, 1.82) is 0 Å². The summed E-state index contributed by atoms with van der Waals surface area (Å²) in [5.74, 6) is 0.717. The Balaban J connectivity index is 1.35. The molecule has 9 nitrogen and oxygen atoms in total. The molecule has 0 saturated carbocycles. The van der Waals surface area contributed by atoms with Crippen molar-refractivity contribution < 1.29 is 36.8 Å². The maximum absolute atomic E-state index is 14.3. The highest BCUT2D eigenvalue weighted by Crippen LogP contribution is 2.60. The molecule has 1 heterocycles. The van der Waals surface area contributed by atoms with E-state index in [-0.39, 0.29) is 21.2 Å². The maximum atomic E-state index is 14.3. The Morgan fingerprint density at radius 1 is 0.800 bits per heavy atom. The quantitative estimate of drug-likeness (QED) is 0.0140. The molecule has 322 valence electrons. The van der Waals surface area contributed by atoms with Crippen LogP contribution >= 0.6 is 46.9 Å². The Hall–Kier alpha value is -3.46. The van der Waals surface area contributed by atoms with E-state index >= 15 is 0 Å². The monoisotopic (exact) mass is 911 g/mol. The van der Waals surface area contributed by atoms with Gasteiger partial charge in [0, 0.05) is 21.6 Å². The van der Waals surface area contributed by atoms with Crippen molar-refractivity contribution in [3.05, 3.63) is 112 Å². The first-order valence-electron chi connectivity index (χ1n) is 20.6. The summed E-state index contributed by atoms with van der Waals surface area (Å²) in [5, 5.41) is 1.73. The van der Waals surface area contributed by atoms with Gasteiger partial charge in [0.1, 0.15) is 15.6 Å². The molecule has 0 aliphatic carbocycles. The summed E-state index contributed by atoms with van der Waals surface area (Å²) < 4.78 is 45.4. The molecule has 1 aliphatic heterocycles. The fourth-order valence-corrected chi connectivity index (χ4v) is 11.9. The number of aryl methyl sites for hydroxylation is 1. The number of ketones is 1. The highest BCUT2D eigenvalue weighted by molar-refractivity contribution is 8.17. The third kappa shape index (κ3) is 12.1. The lowest BCUT2D eigenvalue weighted by atomic mass is 9.99. The summed E-state index contributed by atoms with van der Waals surface area (Å²) in [4.78, 5) is 41.9. The van der Waals surface area contributed by atoms with E-state index in [0.29, 0.717) is 51.2 Å². The Morgan fingerprint density at radius 2 is 1.47 bits per heavy atom. The van der Waals surface area contributed by atoms with E-state index in [0.717, 1.165) is 36.6 Å². The van der Waals surface area contributed by atoms with Gasteiger partial charge < -0.3 is 14.8 Å². The topological polar surface area (TPSA) is 136 Å². The van der Waals surface area contributed by atoms with Gasteiger partial charge in [-0.05, 0) is 78.9 Å². The molecule has 5 rings (SSSR count). The predicted molar refractivity (Wildman–Crippen MR) is 247 cm³/mol. The number of nitrogens with one attached hydrogen (secondary N) is 1. The fourth-order valence-electron chi connectivity index (χ4n) is 7.11. The molecule has 1 amide bonds. The van der Waals surface area contributed by atoms with Gasteiger partial charge in [-0.2, -0.15) is 8.42 Å². The summed E-state index contributed by atoms with van der Waals surface area (Å²) in [5.41, 5.74) is 2.88. The molecule has 0 radical (unpaired) electrons. The van der Waals surface area contributed by atoms with Crippen molar-refractivity contribution >= 4 is 80.4 Å². The van der Waals surface area contributed by atoms with Crippen LogP contribution in [0.4, 0.5) is 5.69 Å². The minimum Gasteiger partial charge on any atom is -0.462 e. The number of amides is 1. The van der Waals surface area contributed by atoms with E-state index in [1.165, 1.54) is 75.3 Å². The number of ether oxygens (including phenoxy) is 2. The van der Waals surface area contributed by atoms with Crippen LogP contribution in [0.1, 0.15) is 122 Å². The fraction of sp³-hybridized carbons (Fsp3) is 0.413. The molecule has 4 aromatic carbocycles. The Kier molecular flexibility index (Phi) is 17.9. The molecule has 1 aliphatic rings. The largest absolute Gasteiger partial charge is 0.462 e. The molecule has 4 aromatic rings. The van der Waals surface area contributed by atoms with Crippen LogP contribution in [0, 0.1) is 6.92 Å². The normalized spacial score (nSPS) is 13.4. The molecule has 0 bridgehead atoms. The van der Waals surface area contributed by atoms with Crippen molar-refractivity contribution in [3.8, 4) is 11.5 Å². The van der Waals surface area contributed by atoms with Crippen LogP contribution in [-0.2, 0) is 23.7 Å². The van der Waals surface area contributed by atoms with Crippen molar-refractivity contribution in [2.45, 2.75) is 111 Å². The highest BCUT2D eigenvalue weighted by Gasteiger charge is 2.44. The number of carbonyl (C=O) groups excluding carboxylic acids is 3. The van der Waals surface area contributed by atoms with Crippen LogP contribution < -0.4 is 10.1 Å². The molecule has 0 spiro atoms. The van der Waals surface area contributed by atoms with E-state index in [1.54, 1.807) is 47.8 Å². The number of esters is 1. The van der Waals surface area contributed by atoms with Gasteiger partial charge in [-0.1, -0.05) is 120 Å². The lowest BCUT2D eigenvalue weighted by Gasteiger charge is -2.39. The average Bonchev–Trinajstić information content (AvgIpc) is 3.22. The van der Waals surface area contributed by atoms with Gasteiger partial charge in [-0.15, -0.1) is 35.3 Å². The molecular formula is C46H54ClNO8S4. The maximum Gasteiger partial charge on any atom is 0.338 e. The number of benzene rings is 4. The minimum atomic E-state index is -4.48. The second-order valence-electron chi connectivity index (χ2n) is 14.6. The van der Waals surface area contributed by atoms with E-state index in [2.05, 4.69) is 12.2 Å². The summed E-state index contributed by atoms with van der Waals surface area (Å²) in [6.45, 7) is 8.35. The van der Waals surface area contributed by atoms with Crippen LogP contribution in [0.2, 0.25) is 5.02 Å². The predicted octanol–water partition coefficient (Wildman–Crippen LogP) is 12.8. The van der Waals surface area contributed by atoms with Gasteiger partial charge in [0.05, 0.1) is 27.8 Å². The third-order valence-corrected chi connectivity index (χ3v) is 15.5. The number of unbranched alkanes of at least 4 members (excludes halogenated alkanes) is 9. The van der Waals surface area contributed by atoms with E-state index in [4.69, 9.17) is 21.1 Å². The number of rotatable bonds is 23. The number of Topliss-reactive ketones (excluding diaryl/α,β-unsaturated/α-hetero) is 1. The molecule has 0 fully saturated rings. The van der Waals surface area contributed by atoms with Crippen LogP contribution in [0.3, 0.4) is 0 Å². The summed E-state index contributed by atoms with van der Waals surface area (Å²) in [7, 11) is -4.48. The number of hydrogen-bond acceptors (Lipinski definition) is 10. The standard InChI is InChI=1S/C46H54ClNO8S4/c1-5-8-9-10-11-12-13-14-15-18-27-55-45(51)32-21-25-38(47)39(28-32)48-44(50)43(42(49)35-20-17-16-19-31(35)4)59-33-22-24-36-41(29-33)56-40-26-23-34(60(52,53)54)30-37(40)46(36,57-6-2)58-7-3/h16-17,19-26,28-30,43H,5-15,18,27H2,1-4H3,(H,48,50)(H,52,53,54). The zero-order chi connectivity index (χ0) is 43.3. The molecule has 60 heavy (non-hydrogen) atoms. The Morgan fingerprint density at radius 3 is 2.12 bits per heavy atom. The van der Waals surface area contributed by atoms with Crippen LogP contribution in [-0.4, -0.2) is 54.0 Å². The van der Waals surface area contributed by atoms with Gasteiger partial charge in [0.2, 0.25) is 5.91 Å².